The summed E-state index contributed by atoms with van der Waals surface area (Å²) in [5, 5.41) is 17.7. The second-order valence-electron chi connectivity index (χ2n) is 7.58. The molecule has 4 N–H and O–H groups in total. The summed E-state index contributed by atoms with van der Waals surface area (Å²) in [6.07, 6.45) is 2.11. The Kier molecular flexibility index (Phi) is 6.80. The van der Waals surface area contributed by atoms with Gasteiger partial charge in [0.1, 0.15) is 0 Å². The third-order valence-corrected chi connectivity index (χ3v) is 6.10. The van der Waals surface area contributed by atoms with E-state index in [1.165, 1.54) is 23.6 Å². The molecule has 33 heavy (non-hydrogen) atoms. The van der Waals surface area contributed by atoms with Gasteiger partial charge in [-0.2, -0.15) is 4.39 Å². The molecule has 0 radical (unpaired) electrons. The normalized spacial score (nSPS) is 13.7. The van der Waals surface area contributed by atoms with Crippen molar-refractivity contribution >= 4 is 39.8 Å². The standard InChI is InChI=1S/C22H23FN6O3S/c1-13(12-30)25-20(31)15-4-2-3-5-16(15)26-21(32)28-22-27-17-7-9-29(11-18(17)33-22)14-6-8-24-19(23)10-14/h2-6,8,10,13,30H,7,9,11-12H2,1H3,(H,25,31)(H2,26,27,28,32). The van der Waals surface area contributed by atoms with Crippen LogP contribution < -0.4 is 20.9 Å². The molecule has 2 aromatic heterocycles. The number of aromatic nitrogens is 2. The molecule has 0 bridgehead atoms. The highest BCUT2D eigenvalue weighted by Gasteiger charge is 2.22. The average Bonchev–Trinajstić information content (AvgIpc) is 3.20. The van der Waals surface area contributed by atoms with Crippen LogP contribution in [0, 0.1) is 5.95 Å². The van der Waals surface area contributed by atoms with Crippen molar-refractivity contribution in [2.75, 3.05) is 28.7 Å². The monoisotopic (exact) mass is 470 g/mol. The number of fused-ring (bicyclic) bond motifs is 1. The smallest absolute Gasteiger partial charge is 0.325 e. The van der Waals surface area contributed by atoms with Crippen molar-refractivity contribution in [3.8, 4) is 0 Å². The van der Waals surface area contributed by atoms with Gasteiger partial charge in [-0.25, -0.2) is 14.8 Å². The van der Waals surface area contributed by atoms with Gasteiger partial charge < -0.3 is 20.6 Å². The summed E-state index contributed by atoms with van der Waals surface area (Å²) in [7, 11) is 0. The summed E-state index contributed by atoms with van der Waals surface area (Å²) in [4.78, 5) is 36.2. The number of urea groups is 1. The molecule has 172 valence electrons. The molecule has 0 saturated carbocycles. The quantitative estimate of drug-likeness (QED) is 0.411. The number of para-hydroxylation sites is 1. The van der Waals surface area contributed by atoms with Crippen molar-refractivity contribution in [2.45, 2.75) is 25.9 Å². The highest BCUT2D eigenvalue weighted by molar-refractivity contribution is 7.15. The third-order valence-electron chi connectivity index (χ3n) is 5.10. The number of nitrogens with zero attached hydrogens (tertiary/aromatic N) is 3. The Morgan fingerprint density at radius 1 is 1.27 bits per heavy atom. The molecule has 4 rings (SSSR count). The number of aliphatic hydroxyl groups is 1. The minimum Gasteiger partial charge on any atom is -0.394 e. The lowest BCUT2D eigenvalue weighted by Gasteiger charge is -2.27. The molecule has 0 fully saturated rings. The third kappa shape index (κ3) is 5.44. The molecule has 3 heterocycles. The van der Waals surface area contributed by atoms with Gasteiger partial charge in [-0.05, 0) is 25.1 Å². The molecule has 0 saturated heterocycles. The first-order valence-corrected chi connectivity index (χ1v) is 11.2. The zero-order valence-electron chi connectivity index (χ0n) is 17.8. The maximum atomic E-state index is 13.5. The van der Waals surface area contributed by atoms with Gasteiger partial charge >= 0.3 is 6.03 Å². The first kappa shape index (κ1) is 22.6. The molecule has 11 heteroatoms. The summed E-state index contributed by atoms with van der Waals surface area (Å²) in [5.41, 5.74) is 2.27. The van der Waals surface area contributed by atoms with Crippen LogP contribution in [0.2, 0.25) is 0 Å². The summed E-state index contributed by atoms with van der Waals surface area (Å²) >= 11 is 1.36. The van der Waals surface area contributed by atoms with Crippen molar-refractivity contribution in [1.29, 1.82) is 0 Å². The van der Waals surface area contributed by atoms with Crippen molar-refractivity contribution in [1.82, 2.24) is 15.3 Å². The number of hydrogen-bond donors (Lipinski definition) is 4. The van der Waals surface area contributed by atoms with E-state index in [0.29, 0.717) is 30.3 Å². The van der Waals surface area contributed by atoms with Gasteiger partial charge in [0, 0.05) is 41.8 Å². The molecular formula is C22H23FN6O3S. The second kappa shape index (κ2) is 9.92. The minimum absolute atomic E-state index is 0.190. The van der Waals surface area contributed by atoms with E-state index in [1.54, 1.807) is 37.3 Å². The highest BCUT2D eigenvalue weighted by Crippen LogP contribution is 2.31. The van der Waals surface area contributed by atoms with E-state index in [4.69, 9.17) is 5.11 Å². The lowest BCUT2D eigenvalue weighted by Crippen LogP contribution is -2.35. The summed E-state index contributed by atoms with van der Waals surface area (Å²) in [6, 6.07) is 8.83. The van der Waals surface area contributed by atoms with Gasteiger partial charge in [-0.3, -0.25) is 10.1 Å². The Morgan fingerprint density at radius 3 is 2.88 bits per heavy atom. The van der Waals surface area contributed by atoms with Crippen molar-refractivity contribution in [3.63, 3.8) is 0 Å². The number of rotatable bonds is 6. The number of anilines is 3. The largest absolute Gasteiger partial charge is 0.394 e. The topological polar surface area (TPSA) is 119 Å². The Bertz CT molecular complexity index is 1170. The van der Waals surface area contributed by atoms with E-state index in [9.17, 15) is 14.0 Å². The Morgan fingerprint density at radius 2 is 2.09 bits per heavy atom. The number of nitrogens with one attached hydrogen (secondary N) is 3. The van der Waals surface area contributed by atoms with Gasteiger partial charge in [0.15, 0.2) is 5.13 Å². The molecule has 9 nitrogen and oxygen atoms in total. The average molecular weight is 471 g/mol. The summed E-state index contributed by atoms with van der Waals surface area (Å²) in [5.74, 6) is -0.925. The highest BCUT2D eigenvalue weighted by atomic mass is 32.1. The van der Waals surface area contributed by atoms with E-state index >= 15 is 0 Å². The van der Waals surface area contributed by atoms with Gasteiger partial charge in [0.2, 0.25) is 5.95 Å². The van der Waals surface area contributed by atoms with E-state index in [1.807, 2.05) is 4.90 Å². The fourth-order valence-electron chi connectivity index (χ4n) is 3.45. The van der Waals surface area contributed by atoms with E-state index in [-0.39, 0.29) is 12.2 Å². The molecule has 3 aromatic rings. The molecule has 1 aliphatic heterocycles. The van der Waals surface area contributed by atoms with Crippen LogP contribution in [0.15, 0.2) is 42.6 Å². The van der Waals surface area contributed by atoms with Crippen LogP contribution in [0.4, 0.5) is 25.7 Å². The number of amides is 3. The lowest BCUT2D eigenvalue weighted by atomic mass is 10.1. The molecule has 1 unspecified atom stereocenters. The number of hydrogen-bond acceptors (Lipinski definition) is 7. The molecule has 0 aliphatic carbocycles. The van der Waals surface area contributed by atoms with Crippen LogP contribution in [0.25, 0.3) is 0 Å². The number of benzene rings is 1. The zero-order chi connectivity index (χ0) is 23.4. The number of thiazole rings is 1. The van der Waals surface area contributed by atoms with Crippen LogP contribution in [-0.4, -0.2) is 46.2 Å². The minimum atomic E-state index is -0.526. The summed E-state index contributed by atoms with van der Waals surface area (Å²) < 4.78 is 13.5. The SMILES string of the molecule is CC(CO)NC(=O)c1ccccc1NC(=O)Nc1nc2c(s1)CN(c1ccnc(F)c1)CC2. The predicted octanol–water partition coefficient (Wildman–Crippen LogP) is 2.99. The lowest BCUT2D eigenvalue weighted by molar-refractivity contribution is 0.0923. The van der Waals surface area contributed by atoms with Gasteiger partial charge in [-0.1, -0.05) is 23.5 Å². The molecular weight excluding hydrogens is 447 g/mol. The fourth-order valence-corrected chi connectivity index (χ4v) is 4.47. The number of carbonyl (C=O) groups excluding carboxylic acids is 2. The van der Waals surface area contributed by atoms with E-state index in [0.717, 1.165) is 16.3 Å². The van der Waals surface area contributed by atoms with Crippen LogP contribution in [0.5, 0.6) is 0 Å². The number of aliphatic hydroxyl groups excluding tert-OH is 1. The van der Waals surface area contributed by atoms with Gasteiger partial charge in [-0.15, -0.1) is 0 Å². The maximum absolute atomic E-state index is 13.5. The Hall–Kier alpha value is -3.57. The molecule has 1 atom stereocenters. The number of carbonyl (C=O) groups is 2. The fraction of sp³-hybridized carbons (Fsp3) is 0.273. The maximum Gasteiger partial charge on any atom is 0.325 e. The first-order valence-electron chi connectivity index (χ1n) is 10.4. The number of pyridine rings is 1. The van der Waals surface area contributed by atoms with Crippen molar-refractivity contribution in [3.05, 3.63) is 64.7 Å². The molecule has 0 spiro atoms. The molecule has 3 amide bonds. The van der Waals surface area contributed by atoms with Gasteiger partial charge in [0.05, 0.1) is 30.1 Å². The predicted molar refractivity (Wildman–Crippen MR) is 124 cm³/mol. The van der Waals surface area contributed by atoms with E-state index in [2.05, 4.69) is 25.9 Å². The van der Waals surface area contributed by atoms with E-state index < -0.39 is 23.9 Å². The van der Waals surface area contributed by atoms with Crippen molar-refractivity contribution in [2.24, 2.45) is 0 Å². The zero-order valence-corrected chi connectivity index (χ0v) is 18.7. The first-order chi connectivity index (χ1) is 15.9. The second-order valence-corrected chi connectivity index (χ2v) is 8.66. The van der Waals surface area contributed by atoms with Crippen molar-refractivity contribution < 1.29 is 19.1 Å². The molecule has 1 aromatic carbocycles. The Balaban J connectivity index is 1.42. The van der Waals surface area contributed by atoms with Crippen LogP contribution >= 0.6 is 11.3 Å². The van der Waals surface area contributed by atoms with Gasteiger partial charge in [0.25, 0.3) is 5.91 Å². The number of halogens is 1. The summed E-state index contributed by atoms with van der Waals surface area (Å²) in [6.45, 7) is 2.73. The Labute approximate surface area is 193 Å². The van der Waals surface area contributed by atoms with Crippen LogP contribution in [0.3, 0.4) is 0 Å². The van der Waals surface area contributed by atoms with Crippen LogP contribution in [-0.2, 0) is 13.0 Å². The van der Waals surface area contributed by atoms with Crippen LogP contribution in [0.1, 0.15) is 27.9 Å². The molecule has 1 aliphatic rings.